The number of aryl methyl sites for hydroxylation is 1. The van der Waals surface area contributed by atoms with Gasteiger partial charge in [0.15, 0.2) is 5.82 Å². The fraction of sp³-hybridized carbons (Fsp3) is 0.733. The van der Waals surface area contributed by atoms with E-state index in [0.717, 1.165) is 26.1 Å². The van der Waals surface area contributed by atoms with Gasteiger partial charge < -0.3 is 9.42 Å². The van der Waals surface area contributed by atoms with Crippen molar-refractivity contribution in [3.63, 3.8) is 0 Å². The Bertz CT molecular complexity index is 557. The van der Waals surface area contributed by atoms with E-state index in [9.17, 15) is 0 Å². The van der Waals surface area contributed by atoms with Gasteiger partial charge in [0.05, 0.1) is 24.6 Å². The van der Waals surface area contributed by atoms with Gasteiger partial charge in [0.1, 0.15) is 0 Å². The molecule has 22 heavy (non-hydrogen) atoms. The van der Waals surface area contributed by atoms with E-state index in [4.69, 9.17) is 15.0 Å². The Morgan fingerprint density at radius 3 is 2.95 bits per heavy atom. The van der Waals surface area contributed by atoms with Gasteiger partial charge in [0.25, 0.3) is 0 Å². The average Bonchev–Trinajstić information content (AvgIpc) is 3.12. The predicted molar refractivity (Wildman–Crippen MR) is 79.3 cm³/mol. The largest absolute Gasteiger partial charge is 0.340 e. The Hall–Kier alpha value is -1.96. The fourth-order valence-corrected chi connectivity index (χ4v) is 2.84. The average molecular weight is 302 g/mol. The number of rotatable bonds is 7. The topological polar surface area (TPSA) is 93.0 Å². The van der Waals surface area contributed by atoms with Gasteiger partial charge in [-0.05, 0) is 26.4 Å². The number of likely N-dealkylation sites (N-methyl/N-ethyl adjacent to an activating group) is 1. The van der Waals surface area contributed by atoms with E-state index in [1.54, 1.807) is 6.92 Å². The van der Waals surface area contributed by atoms with Crippen molar-refractivity contribution in [1.82, 2.24) is 19.9 Å². The lowest BCUT2D eigenvalue weighted by Crippen LogP contribution is -2.35. The molecule has 0 N–H and O–H groups in total. The Kier molecular flexibility index (Phi) is 5.88. The second kappa shape index (κ2) is 7.88. The molecule has 1 saturated heterocycles. The zero-order valence-electron chi connectivity index (χ0n) is 13.2. The second-order valence-corrected chi connectivity index (χ2v) is 5.87. The van der Waals surface area contributed by atoms with Crippen LogP contribution in [-0.4, -0.2) is 52.7 Å². The minimum absolute atomic E-state index is 0.0523. The normalized spacial score (nSPS) is 20.0. The summed E-state index contributed by atoms with van der Waals surface area (Å²) in [6.45, 7) is 5.15. The highest BCUT2D eigenvalue weighted by Gasteiger charge is 2.27. The molecule has 2 heterocycles. The third-order valence-electron chi connectivity index (χ3n) is 4.10. The molecule has 7 nitrogen and oxygen atoms in total. The van der Waals surface area contributed by atoms with Crippen LogP contribution in [0.15, 0.2) is 4.52 Å². The summed E-state index contributed by atoms with van der Waals surface area (Å²) < 4.78 is 4.99. The summed E-state index contributed by atoms with van der Waals surface area (Å²) >= 11 is 0. The SMILES string of the molecule is Cc1nc(CN(C)[C@@H]2CCN(C[C@H](C#N)CCC#N)C2)no1. The molecule has 0 aromatic carbocycles. The maximum Gasteiger partial charge on any atom is 0.223 e. The van der Waals surface area contributed by atoms with E-state index in [1.807, 2.05) is 0 Å². The molecule has 0 unspecified atom stereocenters. The second-order valence-electron chi connectivity index (χ2n) is 5.87. The molecule has 0 spiro atoms. The zero-order valence-corrected chi connectivity index (χ0v) is 13.2. The highest BCUT2D eigenvalue weighted by molar-refractivity contribution is 4.92. The predicted octanol–water partition coefficient (Wildman–Crippen LogP) is 1.33. The Morgan fingerprint density at radius 1 is 1.50 bits per heavy atom. The minimum atomic E-state index is -0.0523. The molecule has 1 aliphatic rings. The molecule has 1 aliphatic heterocycles. The molecule has 118 valence electrons. The first-order valence-electron chi connectivity index (χ1n) is 7.60. The number of hydrogen-bond donors (Lipinski definition) is 0. The van der Waals surface area contributed by atoms with Crippen molar-refractivity contribution in [3.05, 3.63) is 11.7 Å². The van der Waals surface area contributed by atoms with Crippen molar-refractivity contribution in [2.24, 2.45) is 5.92 Å². The molecular weight excluding hydrogens is 280 g/mol. The third-order valence-corrected chi connectivity index (χ3v) is 4.10. The van der Waals surface area contributed by atoms with Gasteiger partial charge in [-0.3, -0.25) is 4.90 Å². The summed E-state index contributed by atoms with van der Waals surface area (Å²) in [5, 5.41) is 21.7. The summed E-state index contributed by atoms with van der Waals surface area (Å²) in [5.41, 5.74) is 0. The Labute approximate surface area is 131 Å². The van der Waals surface area contributed by atoms with E-state index in [2.05, 4.69) is 39.1 Å². The van der Waals surface area contributed by atoms with E-state index in [1.165, 1.54) is 0 Å². The van der Waals surface area contributed by atoms with Crippen LogP contribution in [0.25, 0.3) is 0 Å². The van der Waals surface area contributed by atoms with Crippen molar-refractivity contribution in [2.75, 3.05) is 26.7 Å². The lowest BCUT2D eigenvalue weighted by atomic mass is 10.1. The Balaban J connectivity index is 1.79. The first kappa shape index (κ1) is 16.4. The van der Waals surface area contributed by atoms with E-state index < -0.39 is 0 Å². The number of nitrogens with zero attached hydrogens (tertiary/aromatic N) is 6. The first-order chi connectivity index (χ1) is 10.6. The van der Waals surface area contributed by atoms with E-state index in [0.29, 0.717) is 37.1 Å². The smallest absolute Gasteiger partial charge is 0.223 e. The molecule has 0 radical (unpaired) electrons. The van der Waals surface area contributed by atoms with Crippen LogP contribution >= 0.6 is 0 Å². The lowest BCUT2D eigenvalue weighted by Gasteiger charge is -2.24. The minimum Gasteiger partial charge on any atom is -0.340 e. The Morgan fingerprint density at radius 2 is 2.32 bits per heavy atom. The molecule has 1 fully saturated rings. The van der Waals surface area contributed by atoms with Crippen LogP contribution in [0.4, 0.5) is 0 Å². The number of hydrogen-bond acceptors (Lipinski definition) is 7. The fourth-order valence-electron chi connectivity index (χ4n) is 2.84. The molecule has 1 aromatic rings. The number of likely N-dealkylation sites (tertiary alicyclic amines) is 1. The zero-order chi connectivity index (χ0) is 15.9. The lowest BCUT2D eigenvalue weighted by molar-refractivity contribution is 0.212. The van der Waals surface area contributed by atoms with Crippen LogP contribution in [0.3, 0.4) is 0 Å². The molecule has 1 aromatic heterocycles. The van der Waals surface area contributed by atoms with Gasteiger partial charge >= 0.3 is 0 Å². The van der Waals surface area contributed by atoms with Crippen LogP contribution < -0.4 is 0 Å². The summed E-state index contributed by atoms with van der Waals surface area (Å²) in [4.78, 5) is 8.78. The van der Waals surface area contributed by atoms with Crippen LogP contribution in [0.1, 0.15) is 31.0 Å². The van der Waals surface area contributed by atoms with Gasteiger partial charge in [-0.15, -0.1) is 0 Å². The van der Waals surface area contributed by atoms with Crippen molar-refractivity contribution in [2.45, 2.75) is 38.8 Å². The molecule has 0 aliphatic carbocycles. The van der Waals surface area contributed by atoms with Crippen molar-refractivity contribution in [3.8, 4) is 12.1 Å². The van der Waals surface area contributed by atoms with Crippen LogP contribution in [-0.2, 0) is 6.54 Å². The number of nitriles is 2. The molecule has 0 amide bonds. The molecule has 0 bridgehead atoms. The highest BCUT2D eigenvalue weighted by Crippen LogP contribution is 2.18. The van der Waals surface area contributed by atoms with Crippen molar-refractivity contribution >= 4 is 0 Å². The van der Waals surface area contributed by atoms with E-state index >= 15 is 0 Å². The van der Waals surface area contributed by atoms with Crippen molar-refractivity contribution < 1.29 is 4.52 Å². The van der Waals surface area contributed by atoms with Crippen LogP contribution in [0.2, 0.25) is 0 Å². The molecule has 0 saturated carbocycles. The quantitative estimate of drug-likeness (QED) is 0.750. The summed E-state index contributed by atoms with van der Waals surface area (Å²) in [6, 6.07) is 4.86. The highest BCUT2D eigenvalue weighted by atomic mass is 16.5. The standard InChI is InChI=1S/C15H22N6O/c1-12-18-15(19-22-12)11-20(2)14-5-7-21(10-14)9-13(8-17)4-3-6-16/h13-14H,3-5,7,9-11H2,1-2H3/t13-,14+/m0/s1. The van der Waals surface area contributed by atoms with Gasteiger partial charge in [-0.1, -0.05) is 5.16 Å². The van der Waals surface area contributed by atoms with Gasteiger partial charge in [0.2, 0.25) is 5.89 Å². The van der Waals surface area contributed by atoms with Gasteiger partial charge in [-0.2, -0.15) is 15.5 Å². The molecular formula is C15H22N6O. The molecule has 2 atom stereocenters. The number of aromatic nitrogens is 2. The van der Waals surface area contributed by atoms with Gasteiger partial charge in [-0.25, -0.2) is 0 Å². The third kappa shape index (κ3) is 4.52. The molecule has 2 rings (SSSR count). The maximum absolute atomic E-state index is 9.16. The first-order valence-corrected chi connectivity index (χ1v) is 7.60. The summed E-state index contributed by atoms with van der Waals surface area (Å²) in [7, 11) is 2.07. The molecule has 7 heteroatoms. The van der Waals surface area contributed by atoms with Crippen molar-refractivity contribution in [1.29, 1.82) is 10.5 Å². The summed E-state index contributed by atoms with van der Waals surface area (Å²) in [5.74, 6) is 1.25. The van der Waals surface area contributed by atoms with E-state index in [-0.39, 0.29) is 5.92 Å². The van der Waals surface area contributed by atoms with Crippen LogP contribution in [0, 0.1) is 35.5 Å². The van der Waals surface area contributed by atoms with Crippen LogP contribution in [0.5, 0.6) is 0 Å². The monoisotopic (exact) mass is 302 g/mol. The van der Waals surface area contributed by atoms with Gasteiger partial charge in [0, 0.05) is 32.5 Å². The summed E-state index contributed by atoms with van der Waals surface area (Å²) in [6.07, 6.45) is 2.18. The maximum atomic E-state index is 9.16.